The molecule has 0 spiro atoms. The van der Waals surface area contributed by atoms with E-state index in [1.165, 1.54) is 11.6 Å². The van der Waals surface area contributed by atoms with Crippen molar-refractivity contribution >= 4 is 32.9 Å². The summed E-state index contributed by atoms with van der Waals surface area (Å²) in [5.74, 6) is 0.438. The molecule has 0 N–H and O–H groups in total. The Bertz CT molecular complexity index is 1160. The zero-order valence-corrected chi connectivity index (χ0v) is 17.3. The number of halogens is 1. The van der Waals surface area contributed by atoms with Gasteiger partial charge in [0.15, 0.2) is 11.2 Å². The maximum atomic E-state index is 12.8. The van der Waals surface area contributed by atoms with E-state index in [2.05, 4.69) is 20.9 Å². The second kappa shape index (κ2) is 7.26. The van der Waals surface area contributed by atoms with Crippen molar-refractivity contribution in [3.8, 4) is 0 Å². The number of aryl methyl sites for hydroxylation is 1. The number of rotatable bonds is 5. The third-order valence-corrected chi connectivity index (χ3v) is 5.33. The summed E-state index contributed by atoms with van der Waals surface area (Å²) in [5, 5.41) is 0. The van der Waals surface area contributed by atoms with Crippen LogP contribution in [0, 0.1) is 5.92 Å². The highest BCUT2D eigenvalue weighted by atomic mass is 79.9. The molecule has 8 heteroatoms. The molecular formula is C19H21BrN4O3. The van der Waals surface area contributed by atoms with Crippen LogP contribution in [0.15, 0.2) is 38.3 Å². The SMILES string of the molecule is CC(=O)C(C)Cc1nc2c(c(=O)n(C)c(=O)n2C)n1Cc1cccc(Br)c1. The number of benzene rings is 1. The van der Waals surface area contributed by atoms with Gasteiger partial charge < -0.3 is 4.57 Å². The van der Waals surface area contributed by atoms with Gasteiger partial charge in [0.2, 0.25) is 0 Å². The first-order valence-corrected chi connectivity index (χ1v) is 9.40. The molecule has 0 amide bonds. The molecule has 0 fully saturated rings. The third-order valence-electron chi connectivity index (χ3n) is 4.84. The monoisotopic (exact) mass is 432 g/mol. The summed E-state index contributed by atoms with van der Waals surface area (Å²) in [6.45, 7) is 3.80. The van der Waals surface area contributed by atoms with Gasteiger partial charge in [0.25, 0.3) is 5.56 Å². The Labute approximate surface area is 164 Å². The fourth-order valence-electron chi connectivity index (χ4n) is 3.05. The number of hydrogen-bond donors (Lipinski definition) is 0. The lowest BCUT2D eigenvalue weighted by molar-refractivity contribution is -0.120. The van der Waals surface area contributed by atoms with E-state index in [0.29, 0.717) is 30.0 Å². The van der Waals surface area contributed by atoms with Gasteiger partial charge in [-0.15, -0.1) is 0 Å². The van der Waals surface area contributed by atoms with Gasteiger partial charge in [0, 0.05) is 37.5 Å². The lowest BCUT2D eigenvalue weighted by atomic mass is 10.0. The molecule has 1 atom stereocenters. The quantitative estimate of drug-likeness (QED) is 0.617. The molecule has 0 aliphatic rings. The van der Waals surface area contributed by atoms with Crippen molar-refractivity contribution in [2.45, 2.75) is 26.8 Å². The maximum Gasteiger partial charge on any atom is 0.332 e. The first kappa shape index (κ1) is 19.3. The second-order valence-electron chi connectivity index (χ2n) is 6.84. The minimum absolute atomic E-state index is 0.0536. The van der Waals surface area contributed by atoms with Crippen molar-refractivity contribution in [1.82, 2.24) is 18.7 Å². The Kier molecular flexibility index (Phi) is 5.19. The average molecular weight is 433 g/mol. The minimum atomic E-state index is -0.425. The smallest absolute Gasteiger partial charge is 0.318 e. The van der Waals surface area contributed by atoms with Gasteiger partial charge in [0.05, 0.1) is 0 Å². The molecule has 27 heavy (non-hydrogen) atoms. The molecule has 0 aliphatic carbocycles. The van der Waals surface area contributed by atoms with Crippen molar-refractivity contribution in [3.05, 3.63) is 61.0 Å². The van der Waals surface area contributed by atoms with Gasteiger partial charge in [0.1, 0.15) is 11.6 Å². The summed E-state index contributed by atoms with van der Waals surface area (Å²) in [7, 11) is 3.05. The van der Waals surface area contributed by atoms with Crippen LogP contribution in [0.2, 0.25) is 0 Å². The van der Waals surface area contributed by atoms with Crippen molar-refractivity contribution in [2.24, 2.45) is 20.0 Å². The van der Waals surface area contributed by atoms with Gasteiger partial charge in [-0.3, -0.25) is 18.7 Å². The lowest BCUT2D eigenvalue weighted by Gasteiger charge is -2.12. The molecule has 0 saturated carbocycles. The van der Waals surface area contributed by atoms with E-state index < -0.39 is 11.2 Å². The van der Waals surface area contributed by atoms with Gasteiger partial charge >= 0.3 is 5.69 Å². The van der Waals surface area contributed by atoms with Crippen LogP contribution in [-0.2, 0) is 31.9 Å². The molecule has 2 heterocycles. The summed E-state index contributed by atoms with van der Waals surface area (Å²) in [4.78, 5) is 41.4. The summed E-state index contributed by atoms with van der Waals surface area (Å²) in [6, 6.07) is 7.78. The molecule has 2 aromatic heterocycles. The third kappa shape index (κ3) is 3.53. The fraction of sp³-hybridized carbons (Fsp3) is 0.368. The van der Waals surface area contributed by atoms with Crippen molar-refractivity contribution in [1.29, 1.82) is 0 Å². The number of Topliss-reactive ketones (excluding diaryl/α,β-unsaturated/α-hetero) is 1. The van der Waals surface area contributed by atoms with E-state index in [0.717, 1.165) is 14.6 Å². The number of aromatic nitrogens is 4. The van der Waals surface area contributed by atoms with E-state index >= 15 is 0 Å². The molecule has 3 aromatic rings. The Morgan fingerprint density at radius 1 is 1.22 bits per heavy atom. The summed E-state index contributed by atoms with van der Waals surface area (Å²) < 4.78 is 5.21. The average Bonchev–Trinajstić information content (AvgIpc) is 2.96. The van der Waals surface area contributed by atoms with Gasteiger partial charge in [-0.2, -0.15) is 0 Å². The van der Waals surface area contributed by atoms with Gasteiger partial charge in [-0.25, -0.2) is 9.78 Å². The first-order chi connectivity index (χ1) is 12.7. The van der Waals surface area contributed by atoms with Gasteiger partial charge in [-0.1, -0.05) is 35.0 Å². The lowest BCUT2D eigenvalue weighted by Crippen LogP contribution is -2.37. The van der Waals surface area contributed by atoms with Crippen molar-refractivity contribution < 1.29 is 4.79 Å². The number of fused-ring (bicyclic) bond motifs is 1. The Morgan fingerprint density at radius 3 is 2.56 bits per heavy atom. The highest BCUT2D eigenvalue weighted by Gasteiger charge is 2.21. The predicted molar refractivity (Wildman–Crippen MR) is 107 cm³/mol. The molecule has 1 unspecified atom stereocenters. The van der Waals surface area contributed by atoms with Crippen LogP contribution < -0.4 is 11.2 Å². The van der Waals surface area contributed by atoms with E-state index in [4.69, 9.17) is 0 Å². The van der Waals surface area contributed by atoms with E-state index in [-0.39, 0.29) is 11.7 Å². The van der Waals surface area contributed by atoms with Crippen LogP contribution in [-0.4, -0.2) is 24.5 Å². The molecule has 3 rings (SSSR count). The highest BCUT2D eigenvalue weighted by molar-refractivity contribution is 9.10. The summed E-state index contributed by atoms with van der Waals surface area (Å²) >= 11 is 3.46. The number of hydrogen-bond acceptors (Lipinski definition) is 4. The van der Waals surface area contributed by atoms with Crippen molar-refractivity contribution in [2.75, 3.05) is 0 Å². The van der Waals surface area contributed by atoms with Crippen LogP contribution in [0.5, 0.6) is 0 Å². The molecule has 7 nitrogen and oxygen atoms in total. The maximum absolute atomic E-state index is 12.8. The largest absolute Gasteiger partial charge is 0.332 e. The number of nitrogens with zero attached hydrogens (tertiary/aromatic N) is 4. The molecule has 0 aliphatic heterocycles. The number of imidazole rings is 1. The Hall–Kier alpha value is -2.48. The Balaban J connectivity index is 2.28. The molecule has 142 valence electrons. The Morgan fingerprint density at radius 2 is 1.93 bits per heavy atom. The number of carbonyl (C=O) groups is 1. The molecule has 1 aromatic carbocycles. The van der Waals surface area contributed by atoms with E-state index in [1.807, 2.05) is 35.8 Å². The standard InChI is InChI=1S/C19H21BrN4O3/c1-11(12(2)25)8-15-21-17-16(18(26)23(4)19(27)22(17)3)24(15)10-13-6-5-7-14(20)9-13/h5-7,9,11H,8,10H2,1-4H3. The second-order valence-corrected chi connectivity index (χ2v) is 7.75. The molecular weight excluding hydrogens is 412 g/mol. The molecule has 0 bridgehead atoms. The first-order valence-electron chi connectivity index (χ1n) is 8.60. The summed E-state index contributed by atoms with van der Waals surface area (Å²) in [5.41, 5.74) is 0.869. The predicted octanol–water partition coefficient (Wildman–Crippen LogP) is 2.01. The van der Waals surface area contributed by atoms with Crippen LogP contribution in [0.4, 0.5) is 0 Å². The molecule has 0 radical (unpaired) electrons. The van der Waals surface area contributed by atoms with Crippen molar-refractivity contribution in [3.63, 3.8) is 0 Å². The number of carbonyl (C=O) groups excluding carboxylic acids is 1. The summed E-state index contributed by atoms with van der Waals surface area (Å²) in [6.07, 6.45) is 0.398. The fourth-order valence-corrected chi connectivity index (χ4v) is 3.50. The van der Waals surface area contributed by atoms with Crippen LogP contribution in [0.1, 0.15) is 25.2 Å². The van der Waals surface area contributed by atoms with Crippen LogP contribution in [0.3, 0.4) is 0 Å². The molecule has 0 saturated heterocycles. The topological polar surface area (TPSA) is 78.9 Å². The minimum Gasteiger partial charge on any atom is -0.318 e. The van der Waals surface area contributed by atoms with Crippen LogP contribution in [0.25, 0.3) is 11.2 Å². The van der Waals surface area contributed by atoms with E-state index in [9.17, 15) is 14.4 Å². The zero-order valence-electron chi connectivity index (χ0n) is 15.7. The number of ketones is 1. The zero-order chi connectivity index (χ0) is 19.9. The van der Waals surface area contributed by atoms with Gasteiger partial charge in [-0.05, 0) is 24.6 Å². The van der Waals surface area contributed by atoms with Crippen LogP contribution >= 0.6 is 15.9 Å². The normalized spacial score (nSPS) is 12.5. The van der Waals surface area contributed by atoms with E-state index in [1.54, 1.807) is 14.0 Å². The highest BCUT2D eigenvalue weighted by Crippen LogP contribution is 2.19.